The first-order valence-corrected chi connectivity index (χ1v) is 13.5. The molecule has 2 aliphatic rings. The number of halogens is 2. The molecule has 1 fully saturated rings. The number of aliphatic hydroxyl groups is 1. The van der Waals surface area contributed by atoms with Gasteiger partial charge in [-0.3, -0.25) is 9.69 Å². The highest BCUT2D eigenvalue weighted by Crippen LogP contribution is 2.32. The van der Waals surface area contributed by atoms with Crippen molar-refractivity contribution in [1.82, 2.24) is 19.4 Å². The molecule has 0 saturated carbocycles. The molecule has 1 N–H and O–H groups in total. The maximum atomic E-state index is 13.3. The predicted molar refractivity (Wildman–Crippen MR) is 145 cm³/mol. The fourth-order valence-corrected chi connectivity index (χ4v) is 6.10. The molecule has 2 aliphatic heterocycles. The Balaban J connectivity index is 1.35. The predicted octanol–water partition coefficient (Wildman–Crippen LogP) is 5.41. The number of carbonyl (C=O) groups is 1. The van der Waals surface area contributed by atoms with Crippen molar-refractivity contribution >= 4 is 45.7 Å². The SMILES string of the molecule is CC(c1ccc(Cl)cc1Cl)n1cnc2ccc(C3=CCN(C(=O)C4CCCCN4CCO)CC3)cc21. The van der Waals surface area contributed by atoms with Gasteiger partial charge in [0.15, 0.2) is 0 Å². The fraction of sp³-hybridized carbons (Fsp3) is 0.429. The third-order valence-electron chi connectivity index (χ3n) is 7.58. The van der Waals surface area contributed by atoms with Crippen molar-refractivity contribution in [2.45, 2.75) is 44.7 Å². The summed E-state index contributed by atoms with van der Waals surface area (Å²) in [5.74, 6) is 0.195. The van der Waals surface area contributed by atoms with E-state index in [9.17, 15) is 9.90 Å². The van der Waals surface area contributed by atoms with Crippen LogP contribution in [0.4, 0.5) is 0 Å². The molecule has 5 rings (SSSR count). The molecular weight excluding hydrogens is 495 g/mol. The van der Waals surface area contributed by atoms with Crippen molar-refractivity contribution in [3.8, 4) is 0 Å². The molecule has 0 aliphatic carbocycles. The standard InChI is InChI=1S/C28H32Cl2N4O2/c1-19(23-7-6-22(29)17-24(23)30)34-18-31-25-8-5-21(16-27(25)34)20-9-12-33(13-10-20)28(36)26-4-2-3-11-32(26)14-15-35/h5-9,16-19,26,35H,2-4,10-15H2,1H3. The van der Waals surface area contributed by atoms with Crippen LogP contribution in [0.5, 0.6) is 0 Å². The van der Waals surface area contributed by atoms with Crippen LogP contribution in [0.15, 0.2) is 48.8 Å². The summed E-state index contributed by atoms with van der Waals surface area (Å²) >= 11 is 12.6. The van der Waals surface area contributed by atoms with Crippen molar-refractivity contribution in [3.63, 3.8) is 0 Å². The van der Waals surface area contributed by atoms with Gasteiger partial charge < -0.3 is 14.6 Å². The minimum absolute atomic E-state index is 0.000764. The van der Waals surface area contributed by atoms with E-state index in [1.54, 1.807) is 6.07 Å². The van der Waals surface area contributed by atoms with E-state index in [-0.39, 0.29) is 24.6 Å². The van der Waals surface area contributed by atoms with E-state index >= 15 is 0 Å². The number of likely N-dealkylation sites (tertiary alicyclic amines) is 1. The second-order valence-electron chi connectivity index (χ2n) is 9.73. The highest BCUT2D eigenvalue weighted by Gasteiger charge is 2.32. The number of imidazole rings is 1. The zero-order valence-electron chi connectivity index (χ0n) is 20.5. The number of β-amino-alcohol motifs (C(OH)–C–C–N with tert-alkyl or cyclic N) is 1. The first-order chi connectivity index (χ1) is 17.5. The Morgan fingerprint density at radius 1 is 1.17 bits per heavy atom. The lowest BCUT2D eigenvalue weighted by molar-refractivity contribution is -0.138. The summed E-state index contributed by atoms with van der Waals surface area (Å²) in [7, 11) is 0. The van der Waals surface area contributed by atoms with Crippen LogP contribution in [-0.4, -0.2) is 69.2 Å². The number of aliphatic hydroxyl groups excluding tert-OH is 1. The Bertz CT molecular complexity index is 1290. The van der Waals surface area contributed by atoms with Crippen LogP contribution in [-0.2, 0) is 4.79 Å². The number of piperidine rings is 1. The fourth-order valence-electron chi connectivity index (χ4n) is 5.53. The molecule has 6 nitrogen and oxygen atoms in total. The second-order valence-corrected chi connectivity index (χ2v) is 10.6. The molecule has 2 aromatic carbocycles. The molecule has 0 radical (unpaired) electrons. The second kappa shape index (κ2) is 10.9. The summed E-state index contributed by atoms with van der Waals surface area (Å²) in [6.45, 7) is 4.99. The summed E-state index contributed by atoms with van der Waals surface area (Å²) in [6, 6.07) is 11.9. The van der Waals surface area contributed by atoms with E-state index in [0.29, 0.717) is 29.7 Å². The van der Waals surface area contributed by atoms with E-state index in [2.05, 4.69) is 45.6 Å². The van der Waals surface area contributed by atoms with Crippen LogP contribution in [0.25, 0.3) is 16.6 Å². The molecule has 190 valence electrons. The number of aromatic nitrogens is 2. The van der Waals surface area contributed by atoms with Crippen molar-refractivity contribution < 1.29 is 9.90 Å². The third-order valence-corrected chi connectivity index (χ3v) is 8.14. The highest BCUT2D eigenvalue weighted by molar-refractivity contribution is 6.35. The normalized spacial score (nSPS) is 19.9. The van der Waals surface area contributed by atoms with Gasteiger partial charge in [-0.05, 0) is 73.7 Å². The lowest BCUT2D eigenvalue weighted by atomic mass is 9.96. The van der Waals surface area contributed by atoms with Crippen LogP contribution in [0.1, 0.15) is 49.8 Å². The molecule has 1 amide bonds. The van der Waals surface area contributed by atoms with Crippen LogP contribution in [0, 0.1) is 0 Å². The van der Waals surface area contributed by atoms with Gasteiger partial charge in [0, 0.05) is 29.7 Å². The molecule has 3 aromatic rings. The number of benzene rings is 2. The molecule has 3 heterocycles. The molecule has 2 atom stereocenters. The van der Waals surface area contributed by atoms with Crippen molar-refractivity contribution in [1.29, 1.82) is 0 Å². The van der Waals surface area contributed by atoms with Crippen molar-refractivity contribution in [2.75, 3.05) is 32.8 Å². The monoisotopic (exact) mass is 526 g/mol. The molecule has 8 heteroatoms. The zero-order valence-corrected chi connectivity index (χ0v) is 22.0. The van der Waals surface area contributed by atoms with Crippen LogP contribution < -0.4 is 0 Å². The number of hydrogen-bond acceptors (Lipinski definition) is 4. The minimum atomic E-state index is -0.104. The Hall–Kier alpha value is -2.38. The average molecular weight is 527 g/mol. The minimum Gasteiger partial charge on any atom is -0.395 e. The van der Waals surface area contributed by atoms with E-state index in [0.717, 1.165) is 54.4 Å². The quantitative estimate of drug-likeness (QED) is 0.466. The van der Waals surface area contributed by atoms with E-state index < -0.39 is 0 Å². The summed E-state index contributed by atoms with van der Waals surface area (Å²) in [4.78, 5) is 22.0. The summed E-state index contributed by atoms with van der Waals surface area (Å²) < 4.78 is 2.14. The number of nitrogens with zero attached hydrogens (tertiary/aromatic N) is 4. The van der Waals surface area contributed by atoms with Crippen LogP contribution >= 0.6 is 23.2 Å². The first-order valence-electron chi connectivity index (χ1n) is 12.7. The van der Waals surface area contributed by atoms with Crippen molar-refractivity contribution in [2.24, 2.45) is 0 Å². The van der Waals surface area contributed by atoms with Gasteiger partial charge in [-0.15, -0.1) is 0 Å². The Kier molecular flexibility index (Phi) is 7.68. The maximum Gasteiger partial charge on any atom is 0.240 e. The smallest absolute Gasteiger partial charge is 0.240 e. The van der Waals surface area contributed by atoms with Gasteiger partial charge in [0.1, 0.15) is 0 Å². The Morgan fingerprint density at radius 3 is 2.78 bits per heavy atom. The molecule has 2 unspecified atom stereocenters. The van der Waals surface area contributed by atoms with Gasteiger partial charge in [-0.25, -0.2) is 4.98 Å². The summed E-state index contributed by atoms with van der Waals surface area (Å²) in [5, 5.41) is 10.7. The molecular formula is C28H32Cl2N4O2. The topological polar surface area (TPSA) is 61.6 Å². The maximum absolute atomic E-state index is 13.3. The molecule has 1 saturated heterocycles. The number of amides is 1. The Labute approximate surface area is 222 Å². The molecule has 0 spiro atoms. The van der Waals surface area contributed by atoms with Gasteiger partial charge in [0.25, 0.3) is 0 Å². The lowest BCUT2D eigenvalue weighted by Crippen LogP contribution is -2.52. The highest BCUT2D eigenvalue weighted by atomic mass is 35.5. The summed E-state index contributed by atoms with van der Waals surface area (Å²) in [5.41, 5.74) is 5.39. The number of fused-ring (bicyclic) bond motifs is 1. The first kappa shape index (κ1) is 25.3. The largest absolute Gasteiger partial charge is 0.395 e. The van der Waals surface area contributed by atoms with Crippen LogP contribution in [0.2, 0.25) is 10.0 Å². The number of rotatable bonds is 6. The zero-order chi connectivity index (χ0) is 25.2. The van der Waals surface area contributed by atoms with Gasteiger partial charge >= 0.3 is 0 Å². The number of carbonyl (C=O) groups excluding carboxylic acids is 1. The average Bonchev–Trinajstić information content (AvgIpc) is 3.32. The third kappa shape index (κ3) is 5.05. The Morgan fingerprint density at radius 2 is 2.03 bits per heavy atom. The van der Waals surface area contributed by atoms with Gasteiger partial charge in [0.2, 0.25) is 5.91 Å². The van der Waals surface area contributed by atoms with Gasteiger partial charge in [-0.2, -0.15) is 0 Å². The molecule has 36 heavy (non-hydrogen) atoms. The molecule has 1 aromatic heterocycles. The van der Waals surface area contributed by atoms with Crippen LogP contribution in [0.3, 0.4) is 0 Å². The van der Waals surface area contributed by atoms with E-state index in [4.69, 9.17) is 23.2 Å². The van der Waals surface area contributed by atoms with Crippen molar-refractivity contribution in [3.05, 3.63) is 70.0 Å². The summed E-state index contributed by atoms with van der Waals surface area (Å²) in [6.07, 6.45) is 7.90. The van der Waals surface area contributed by atoms with E-state index in [1.807, 2.05) is 23.4 Å². The van der Waals surface area contributed by atoms with E-state index in [1.165, 1.54) is 5.57 Å². The van der Waals surface area contributed by atoms with Gasteiger partial charge in [0.05, 0.1) is 36.1 Å². The number of hydrogen-bond donors (Lipinski definition) is 1. The lowest BCUT2D eigenvalue weighted by Gasteiger charge is -2.38. The molecule has 0 bridgehead atoms. The van der Waals surface area contributed by atoms with Gasteiger partial charge in [-0.1, -0.05) is 47.8 Å².